The van der Waals surface area contributed by atoms with Crippen molar-refractivity contribution < 1.29 is 13.2 Å². The molecule has 0 amide bonds. The molecule has 18 heavy (non-hydrogen) atoms. The second-order valence-electron chi connectivity index (χ2n) is 3.86. The molecule has 3 N–H and O–H groups in total. The summed E-state index contributed by atoms with van der Waals surface area (Å²) in [6.07, 6.45) is 1.36. The lowest BCUT2D eigenvalue weighted by atomic mass is 10.4. The molecule has 8 nitrogen and oxygen atoms in total. The highest BCUT2D eigenvalue weighted by Crippen LogP contribution is 2.31. The van der Waals surface area contributed by atoms with Crippen molar-refractivity contribution >= 4 is 21.5 Å². The smallest absolute Gasteiger partial charge is 0.205 e. The first-order chi connectivity index (χ1) is 8.57. The number of rotatable bonds is 3. The minimum atomic E-state index is -2.93. The summed E-state index contributed by atoms with van der Waals surface area (Å²) in [6.45, 7) is 0.777. The van der Waals surface area contributed by atoms with Gasteiger partial charge in [-0.1, -0.05) is 0 Å². The van der Waals surface area contributed by atoms with Crippen molar-refractivity contribution in [3.63, 3.8) is 0 Å². The van der Waals surface area contributed by atoms with Gasteiger partial charge in [0, 0.05) is 13.1 Å². The molecule has 1 aliphatic rings. The Kier molecular flexibility index (Phi) is 3.53. The van der Waals surface area contributed by atoms with Gasteiger partial charge in [0.1, 0.15) is 6.33 Å². The molecule has 2 heterocycles. The van der Waals surface area contributed by atoms with Gasteiger partial charge in [-0.15, -0.1) is 0 Å². The summed E-state index contributed by atoms with van der Waals surface area (Å²) >= 11 is 0. The van der Waals surface area contributed by atoms with E-state index in [9.17, 15) is 8.42 Å². The Morgan fingerprint density at radius 1 is 1.39 bits per heavy atom. The fraction of sp³-hybridized carbons (Fsp3) is 0.556. The van der Waals surface area contributed by atoms with Gasteiger partial charge >= 0.3 is 0 Å². The van der Waals surface area contributed by atoms with E-state index in [1.807, 2.05) is 4.90 Å². The Morgan fingerprint density at radius 3 is 2.61 bits per heavy atom. The summed E-state index contributed by atoms with van der Waals surface area (Å²) in [5, 5.41) is 0. The molecule has 100 valence electrons. The molecule has 0 spiro atoms. The molecule has 0 bridgehead atoms. The Morgan fingerprint density at radius 2 is 2.06 bits per heavy atom. The third-order valence-corrected chi connectivity index (χ3v) is 4.38. The number of nitrogen functional groups attached to an aromatic ring is 1. The van der Waals surface area contributed by atoms with E-state index in [0.29, 0.717) is 30.5 Å². The van der Waals surface area contributed by atoms with Gasteiger partial charge in [-0.3, -0.25) is 0 Å². The third kappa shape index (κ3) is 2.46. The van der Waals surface area contributed by atoms with Crippen molar-refractivity contribution in [2.75, 3.05) is 42.0 Å². The summed E-state index contributed by atoms with van der Waals surface area (Å²) < 4.78 is 28.0. The van der Waals surface area contributed by atoms with E-state index < -0.39 is 9.84 Å². The van der Waals surface area contributed by atoms with Crippen LogP contribution in [0.2, 0.25) is 0 Å². The number of ether oxygens (including phenoxy) is 1. The molecule has 0 aromatic carbocycles. The number of nitrogens with two attached hydrogens (primary N) is 1. The van der Waals surface area contributed by atoms with Gasteiger partial charge in [-0.05, 0) is 0 Å². The molecule has 0 unspecified atom stereocenters. The van der Waals surface area contributed by atoms with Crippen LogP contribution in [0, 0.1) is 0 Å². The maximum atomic E-state index is 11.4. The monoisotopic (exact) mass is 273 g/mol. The highest BCUT2D eigenvalue weighted by molar-refractivity contribution is 7.91. The van der Waals surface area contributed by atoms with E-state index in [1.54, 1.807) is 0 Å². The van der Waals surface area contributed by atoms with Crippen LogP contribution in [0.1, 0.15) is 0 Å². The topological polar surface area (TPSA) is 110 Å². The Bertz CT molecular complexity index is 519. The Balaban J connectivity index is 2.29. The highest BCUT2D eigenvalue weighted by atomic mass is 32.2. The van der Waals surface area contributed by atoms with Gasteiger partial charge < -0.3 is 15.1 Å². The average Bonchev–Trinajstić information content (AvgIpc) is 2.37. The maximum Gasteiger partial charge on any atom is 0.205 e. The SMILES string of the molecule is COc1c(NN)ncnc1N1CCS(=O)(=O)CC1. The molecule has 1 aliphatic heterocycles. The van der Waals surface area contributed by atoms with Gasteiger partial charge in [0.25, 0.3) is 0 Å². The van der Waals surface area contributed by atoms with E-state index in [4.69, 9.17) is 10.6 Å². The number of anilines is 2. The molecule has 0 radical (unpaired) electrons. The minimum absolute atomic E-state index is 0.117. The van der Waals surface area contributed by atoms with Crippen LogP contribution >= 0.6 is 0 Å². The Labute approximate surface area is 105 Å². The molecule has 1 aromatic heterocycles. The molecule has 1 aromatic rings. The zero-order chi connectivity index (χ0) is 13.2. The van der Waals surface area contributed by atoms with Gasteiger partial charge in [0.05, 0.1) is 18.6 Å². The van der Waals surface area contributed by atoms with E-state index in [1.165, 1.54) is 13.4 Å². The molecule has 0 aliphatic carbocycles. The lowest BCUT2D eigenvalue weighted by molar-refractivity contribution is 0.412. The van der Waals surface area contributed by atoms with E-state index in [2.05, 4.69) is 15.4 Å². The number of nitrogens with zero attached hydrogens (tertiary/aromatic N) is 3. The number of sulfone groups is 1. The van der Waals surface area contributed by atoms with Crippen LogP contribution in [0.3, 0.4) is 0 Å². The van der Waals surface area contributed by atoms with Crippen LogP contribution in [0.15, 0.2) is 6.33 Å². The van der Waals surface area contributed by atoms with Gasteiger partial charge in [-0.2, -0.15) is 0 Å². The molecule has 1 saturated heterocycles. The predicted molar refractivity (Wildman–Crippen MR) is 67.3 cm³/mol. The van der Waals surface area contributed by atoms with Crippen molar-refractivity contribution in [2.24, 2.45) is 5.84 Å². The summed E-state index contributed by atoms with van der Waals surface area (Å²) in [5.74, 6) is 6.90. The zero-order valence-electron chi connectivity index (χ0n) is 9.96. The van der Waals surface area contributed by atoms with Crippen LogP contribution in [0.4, 0.5) is 11.6 Å². The number of hydrazine groups is 1. The molecule has 0 saturated carbocycles. The molecule has 2 rings (SSSR count). The quantitative estimate of drug-likeness (QED) is 0.533. The largest absolute Gasteiger partial charge is 0.490 e. The van der Waals surface area contributed by atoms with Crippen LogP contribution in [0.5, 0.6) is 5.75 Å². The fourth-order valence-corrected chi connectivity index (χ4v) is 3.01. The van der Waals surface area contributed by atoms with Crippen LogP contribution in [-0.2, 0) is 9.84 Å². The number of nitrogens with one attached hydrogen (secondary N) is 1. The summed E-state index contributed by atoms with van der Waals surface area (Å²) in [4.78, 5) is 9.91. The minimum Gasteiger partial charge on any atom is -0.490 e. The third-order valence-electron chi connectivity index (χ3n) is 2.77. The molecular weight excluding hydrogens is 258 g/mol. The van der Waals surface area contributed by atoms with E-state index >= 15 is 0 Å². The van der Waals surface area contributed by atoms with Crippen LogP contribution in [-0.4, -0.2) is 50.1 Å². The maximum absolute atomic E-state index is 11.4. The van der Waals surface area contributed by atoms with Crippen molar-refractivity contribution in [2.45, 2.75) is 0 Å². The zero-order valence-corrected chi connectivity index (χ0v) is 10.8. The van der Waals surface area contributed by atoms with Crippen LogP contribution in [0.25, 0.3) is 0 Å². The molecule has 1 fully saturated rings. The van der Waals surface area contributed by atoms with E-state index in [0.717, 1.165) is 0 Å². The second-order valence-corrected chi connectivity index (χ2v) is 6.17. The predicted octanol–water partition coefficient (Wildman–Crippen LogP) is -0.994. The average molecular weight is 273 g/mol. The first kappa shape index (κ1) is 12.8. The first-order valence-electron chi connectivity index (χ1n) is 5.38. The van der Waals surface area contributed by atoms with Gasteiger partial charge in [0.2, 0.25) is 5.75 Å². The lowest BCUT2D eigenvalue weighted by Crippen LogP contribution is -2.41. The van der Waals surface area contributed by atoms with E-state index in [-0.39, 0.29) is 11.5 Å². The van der Waals surface area contributed by atoms with Gasteiger partial charge in [0.15, 0.2) is 21.5 Å². The normalized spacial score (nSPS) is 18.4. The first-order valence-corrected chi connectivity index (χ1v) is 7.20. The second kappa shape index (κ2) is 4.94. The lowest BCUT2D eigenvalue weighted by Gasteiger charge is -2.28. The van der Waals surface area contributed by atoms with Crippen molar-refractivity contribution in [3.05, 3.63) is 6.33 Å². The summed E-state index contributed by atoms with van der Waals surface area (Å²) in [7, 11) is -1.44. The van der Waals surface area contributed by atoms with Gasteiger partial charge in [-0.25, -0.2) is 24.2 Å². The number of hydrogen-bond acceptors (Lipinski definition) is 8. The van der Waals surface area contributed by atoms with Crippen LogP contribution < -0.4 is 20.9 Å². The fourth-order valence-electron chi connectivity index (χ4n) is 1.80. The molecular formula is C9H15N5O3S. The Hall–Kier alpha value is -1.61. The molecule has 0 atom stereocenters. The van der Waals surface area contributed by atoms with Crippen molar-refractivity contribution in [1.82, 2.24) is 9.97 Å². The number of aromatic nitrogens is 2. The number of methoxy groups -OCH3 is 1. The van der Waals surface area contributed by atoms with Crippen molar-refractivity contribution in [1.29, 1.82) is 0 Å². The highest BCUT2D eigenvalue weighted by Gasteiger charge is 2.25. The standard InChI is InChI=1S/C9H15N5O3S/c1-17-7-8(13-10)11-6-12-9(7)14-2-4-18(15,16)5-3-14/h6H,2-5,10H2,1H3,(H,11,12,13). The molecule has 9 heteroatoms. The summed E-state index contributed by atoms with van der Waals surface area (Å²) in [6, 6.07) is 0. The summed E-state index contributed by atoms with van der Waals surface area (Å²) in [5.41, 5.74) is 2.42. The van der Waals surface area contributed by atoms with Crippen molar-refractivity contribution in [3.8, 4) is 5.75 Å². The number of hydrogen-bond donors (Lipinski definition) is 2.